The Balaban J connectivity index is 1.64. The first-order valence-corrected chi connectivity index (χ1v) is 8.84. The normalized spacial score (nSPS) is 22.1. The van der Waals surface area contributed by atoms with Gasteiger partial charge in [-0.25, -0.2) is 0 Å². The van der Waals surface area contributed by atoms with Crippen LogP contribution in [0.5, 0.6) is 0 Å². The number of amides is 1. The maximum absolute atomic E-state index is 12.7. The van der Waals surface area contributed by atoms with E-state index < -0.39 is 0 Å². The van der Waals surface area contributed by atoms with E-state index in [0.29, 0.717) is 13.1 Å². The average molecular weight is 326 g/mol. The molecule has 1 fully saturated rings. The van der Waals surface area contributed by atoms with Gasteiger partial charge in [-0.1, -0.05) is 48.5 Å². The first-order chi connectivity index (χ1) is 11.1. The van der Waals surface area contributed by atoms with Gasteiger partial charge < -0.3 is 10.6 Å². The Hall–Kier alpha value is -1.78. The Labute approximate surface area is 141 Å². The second-order valence-electron chi connectivity index (χ2n) is 6.00. The predicted octanol–water partition coefficient (Wildman–Crippen LogP) is 3.12. The monoisotopic (exact) mass is 326 g/mol. The largest absolute Gasteiger partial charge is 0.339 e. The number of carbonyl (C=O) groups is 1. The lowest BCUT2D eigenvalue weighted by Gasteiger charge is -2.20. The summed E-state index contributed by atoms with van der Waals surface area (Å²) in [5.41, 5.74) is 7.51. The number of carbonyl (C=O) groups excluding carboxylic acids is 1. The molecule has 3 rings (SSSR count). The van der Waals surface area contributed by atoms with Gasteiger partial charge in [0.25, 0.3) is 0 Å². The Morgan fingerprint density at radius 2 is 1.70 bits per heavy atom. The summed E-state index contributed by atoms with van der Waals surface area (Å²) in [4.78, 5) is 15.8. The van der Waals surface area contributed by atoms with E-state index in [9.17, 15) is 4.79 Å². The summed E-state index contributed by atoms with van der Waals surface area (Å²) in [5, 5.41) is -0.0980. The minimum Gasteiger partial charge on any atom is -0.339 e. The minimum absolute atomic E-state index is 0.00951. The van der Waals surface area contributed by atoms with E-state index >= 15 is 0 Å². The molecular weight excluding hydrogens is 304 g/mol. The molecule has 1 aliphatic rings. The van der Waals surface area contributed by atoms with Crippen LogP contribution in [0.25, 0.3) is 0 Å². The molecule has 120 valence electrons. The van der Waals surface area contributed by atoms with Crippen LogP contribution in [-0.2, 0) is 4.79 Å². The molecule has 2 aromatic rings. The summed E-state index contributed by atoms with van der Waals surface area (Å²) in [5.74, 6) is 0.404. The lowest BCUT2D eigenvalue weighted by molar-refractivity contribution is -0.129. The van der Waals surface area contributed by atoms with Crippen molar-refractivity contribution in [2.75, 3.05) is 13.1 Å². The van der Waals surface area contributed by atoms with Gasteiger partial charge in [0.05, 0.1) is 5.25 Å². The molecule has 0 aromatic heterocycles. The minimum atomic E-state index is -0.0980. The number of nitrogens with two attached hydrogens (primary N) is 1. The quantitative estimate of drug-likeness (QED) is 0.878. The fourth-order valence-corrected chi connectivity index (χ4v) is 4.04. The molecule has 2 aromatic carbocycles. The van der Waals surface area contributed by atoms with Gasteiger partial charge in [0, 0.05) is 29.9 Å². The van der Waals surface area contributed by atoms with Crippen molar-refractivity contribution in [3.8, 4) is 0 Å². The van der Waals surface area contributed by atoms with Crippen LogP contribution in [0.2, 0.25) is 0 Å². The van der Waals surface area contributed by atoms with Crippen LogP contribution >= 0.6 is 11.8 Å². The van der Waals surface area contributed by atoms with E-state index in [1.54, 1.807) is 11.8 Å². The zero-order valence-corrected chi connectivity index (χ0v) is 14.1. The van der Waals surface area contributed by atoms with Gasteiger partial charge in [0.2, 0.25) is 5.91 Å². The second-order valence-corrected chi connectivity index (χ2v) is 7.41. The van der Waals surface area contributed by atoms with Crippen molar-refractivity contribution in [1.82, 2.24) is 4.90 Å². The zero-order valence-electron chi connectivity index (χ0n) is 13.3. The SMILES string of the molecule is CC(Sc1ccccc1)C(=O)N1C[C@@H](N)[C@H](c2ccccc2)C1. The Kier molecular flexibility index (Phi) is 5.03. The third kappa shape index (κ3) is 3.77. The van der Waals surface area contributed by atoms with Crippen LogP contribution in [0, 0.1) is 0 Å². The van der Waals surface area contributed by atoms with Crippen LogP contribution in [0.3, 0.4) is 0 Å². The van der Waals surface area contributed by atoms with Gasteiger partial charge in [-0.3, -0.25) is 4.79 Å². The topological polar surface area (TPSA) is 46.3 Å². The van der Waals surface area contributed by atoms with Crippen molar-refractivity contribution >= 4 is 17.7 Å². The molecular formula is C19H22N2OS. The molecule has 4 heteroatoms. The van der Waals surface area contributed by atoms with Crippen LogP contribution in [0.1, 0.15) is 18.4 Å². The summed E-state index contributed by atoms with van der Waals surface area (Å²) in [6, 6.07) is 20.3. The highest BCUT2D eigenvalue weighted by atomic mass is 32.2. The third-order valence-corrected chi connectivity index (χ3v) is 5.41. The first-order valence-electron chi connectivity index (χ1n) is 7.96. The van der Waals surface area contributed by atoms with E-state index in [0.717, 1.165) is 4.90 Å². The molecule has 0 spiro atoms. The number of nitrogens with zero attached hydrogens (tertiary/aromatic N) is 1. The summed E-state index contributed by atoms with van der Waals surface area (Å²) in [6.45, 7) is 3.32. The molecule has 0 bridgehead atoms. The highest BCUT2D eigenvalue weighted by Crippen LogP contribution is 2.30. The Morgan fingerprint density at radius 1 is 1.09 bits per heavy atom. The molecule has 3 atom stereocenters. The van der Waals surface area contributed by atoms with Crippen molar-refractivity contribution in [3.63, 3.8) is 0 Å². The highest BCUT2D eigenvalue weighted by Gasteiger charge is 2.35. The standard InChI is InChI=1S/C19H22N2OS/c1-14(23-16-10-6-3-7-11-16)19(22)21-12-17(18(20)13-21)15-8-4-2-5-9-15/h2-11,14,17-18H,12-13,20H2,1H3/t14?,17-,18+/m0/s1. The smallest absolute Gasteiger partial charge is 0.235 e. The zero-order chi connectivity index (χ0) is 16.2. The first kappa shape index (κ1) is 16.1. The van der Waals surface area contributed by atoms with Crippen LogP contribution in [0.15, 0.2) is 65.6 Å². The summed E-state index contributed by atoms with van der Waals surface area (Å²) < 4.78 is 0. The lowest BCUT2D eigenvalue weighted by Crippen LogP contribution is -2.36. The van der Waals surface area contributed by atoms with Crippen LogP contribution in [0.4, 0.5) is 0 Å². The summed E-state index contributed by atoms with van der Waals surface area (Å²) in [6.07, 6.45) is 0. The number of hydrogen-bond acceptors (Lipinski definition) is 3. The van der Waals surface area contributed by atoms with Crippen LogP contribution in [-0.4, -0.2) is 35.2 Å². The van der Waals surface area contributed by atoms with Gasteiger partial charge in [0.15, 0.2) is 0 Å². The third-order valence-electron chi connectivity index (χ3n) is 4.31. The molecule has 1 saturated heterocycles. The van der Waals surface area contributed by atoms with E-state index in [4.69, 9.17) is 5.73 Å². The maximum Gasteiger partial charge on any atom is 0.235 e. The average Bonchev–Trinajstić information content (AvgIpc) is 2.97. The van der Waals surface area contributed by atoms with E-state index in [2.05, 4.69) is 12.1 Å². The van der Waals surface area contributed by atoms with E-state index in [1.807, 2.05) is 60.4 Å². The fourth-order valence-electron chi connectivity index (χ4n) is 3.07. The van der Waals surface area contributed by atoms with Crippen LogP contribution < -0.4 is 5.73 Å². The lowest BCUT2D eigenvalue weighted by atomic mass is 9.95. The molecule has 3 nitrogen and oxygen atoms in total. The van der Waals surface area contributed by atoms with Gasteiger partial charge in [-0.15, -0.1) is 11.8 Å². The molecule has 23 heavy (non-hydrogen) atoms. The molecule has 1 unspecified atom stereocenters. The number of benzene rings is 2. The summed E-state index contributed by atoms with van der Waals surface area (Å²) >= 11 is 1.60. The van der Waals surface area contributed by atoms with Crippen molar-refractivity contribution in [1.29, 1.82) is 0 Å². The van der Waals surface area contributed by atoms with Crippen molar-refractivity contribution in [3.05, 3.63) is 66.2 Å². The molecule has 2 N–H and O–H groups in total. The molecule has 1 aliphatic heterocycles. The molecule has 1 amide bonds. The molecule has 0 aliphatic carbocycles. The Morgan fingerprint density at radius 3 is 2.35 bits per heavy atom. The van der Waals surface area contributed by atoms with Crippen molar-refractivity contribution in [2.45, 2.75) is 29.0 Å². The molecule has 1 heterocycles. The Bertz CT molecular complexity index is 647. The number of rotatable bonds is 4. The number of thioether (sulfide) groups is 1. The van der Waals surface area contributed by atoms with Crippen molar-refractivity contribution < 1.29 is 4.79 Å². The summed E-state index contributed by atoms with van der Waals surface area (Å²) in [7, 11) is 0. The van der Waals surface area contributed by atoms with E-state index in [1.165, 1.54) is 5.56 Å². The van der Waals surface area contributed by atoms with Gasteiger partial charge in [-0.05, 0) is 24.6 Å². The van der Waals surface area contributed by atoms with Gasteiger partial charge >= 0.3 is 0 Å². The molecule has 0 radical (unpaired) electrons. The number of hydrogen-bond donors (Lipinski definition) is 1. The number of likely N-dealkylation sites (tertiary alicyclic amines) is 1. The van der Waals surface area contributed by atoms with Gasteiger partial charge in [-0.2, -0.15) is 0 Å². The van der Waals surface area contributed by atoms with Gasteiger partial charge in [0.1, 0.15) is 0 Å². The maximum atomic E-state index is 12.7. The van der Waals surface area contributed by atoms with E-state index in [-0.39, 0.29) is 23.1 Å². The van der Waals surface area contributed by atoms with Crippen molar-refractivity contribution in [2.24, 2.45) is 5.73 Å². The predicted molar refractivity (Wildman–Crippen MR) is 95.5 cm³/mol. The highest BCUT2D eigenvalue weighted by molar-refractivity contribution is 8.00. The second kappa shape index (κ2) is 7.20. The molecule has 0 saturated carbocycles. The fraction of sp³-hybridized carbons (Fsp3) is 0.316.